The summed E-state index contributed by atoms with van der Waals surface area (Å²) < 4.78 is 0. The average Bonchev–Trinajstić information content (AvgIpc) is 2.34. The molecule has 1 rings (SSSR count). The van der Waals surface area contributed by atoms with E-state index in [0.717, 1.165) is 0 Å². The molecule has 6 nitrogen and oxygen atoms in total. The van der Waals surface area contributed by atoms with Crippen LogP contribution in [0.25, 0.3) is 0 Å². The number of carboxylic acid groups (broad SMARTS) is 1. The lowest BCUT2D eigenvalue weighted by Gasteiger charge is -2.12. The minimum atomic E-state index is -0.856. The Hall–Kier alpha value is -1.98. The zero-order valence-electron chi connectivity index (χ0n) is 9.59. The van der Waals surface area contributed by atoms with Crippen LogP contribution < -0.4 is 5.32 Å². The molecule has 1 aromatic rings. The Labute approximate surface area is 99.1 Å². The van der Waals surface area contributed by atoms with Crippen molar-refractivity contribution >= 4 is 11.9 Å². The molecular formula is C11H15N3O3. The summed E-state index contributed by atoms with van der Waals surface area (Å²) >= 11 is 0. The molecule has 2 N–H and O–H groups in total. The first-order chi connectivity index (χ1) is 8.13. The van der Waals surface area contributed by atoms with Crippen LogP contribution in [0.15, 0.2) is 18.6 Å². The van der Waals surface area contributed by atoms with Crippen LogP contribution in [-0.4, -0.2) is 33.5 Å². The molecule has 1 heterocycles. The fourth-order valence-electron chi connectivity index (χ4n) is 1.35. The summed E-state index contributed by atoms with van der Waals surface area (Å²) in [5.74, 6) is -1.25. The molecule has 1 unspecified atom stereocenters. The van der Waals surface area contributed by atoms with Gasteiger partial charge in [-0.2, -0.15) is 0 Å². The Morgan fingerprint density at radius 2 is 2.24 bits per heavy atom. The second-order valence-electron chi connectivity index (χ2n) is 3.67. The van der Waals surface area contributed by atoms with Crippen molar-refractivity contribution in [3.63, 3.8) is 0 Å². The van der Waals surface area contributed by atoms with Gasteiger partial charge in [0.2, 0.25) is 0 Å². The van der Waals surface area contributed by atoms with Gasteiger partial charge < -0.3 is 10.4 Å². The third-order valence-electron chi connectivity index (χ3n) is 2.39. The van der Waals surface area contributed by atoms with Gasteiger partial charge in [-0.15, -0.1) is 0 Å². The Morgan fingerprint density at radius 1 is 1.47 bits per heavy atom. The van der Waals surface area contributed by atoms with E-state index >= 15 is 0 Å². The topological polar surface area (TPSA) is 92.2 Å². The van der Waals surface area contributed by atoms with Gasteiger partial charge in [0, 0.05) is 25.4 Å². The average molecular weight is 237 g/mol. The van der Waals surface area contributed by atoms with Crippen molar-refractivity contribution in [2.75, 3.05) is 6.54 Å². The molecule has 92 valence electrons. The first-order valence-electron chi connectivity index (χ1n) is 5.39. The lowest BCUT2D eigenvalue weighted by molar-refractivity contribution is -0.138. The summed E-state index contributed by atoms with van der Waals surface area (Å²) in [5, 5.41) is 11.3. The van der Waals surface area contributed by atoms with E-state index in [-0.39, 0.29) is 23.9 Å². The number of carbonyl (C=O) groups excluding carboxylic acids is 1. The Balaban J connectivity index is 2.44. The van der Waals surface area contributed by atoms with Crippen molar-refractivity contribution in [2.45, 2.75) is 19.8 Å². The minimum absolute atomic E-state index is 0.0528. The van der Waals surface area contributed by atoms with Crippen LogP contribution in [0.4, 0.5) is 0 Å². The van der Waals surface area contributed by atoms with E-state index in [1.807, 2.05) is 6.92 Å². The van der Waals surface area contributed by atoms with Gasteiger partial charge in [-0.25, -0.2) is 4.98 Å². The molecule has 0 radical (unpaired) electrons. The number of hydrogen-bond acceptors (Lipinski definition) is 4. The van der Waals surface area contributed by atoms with E-state index in [2.05, 4.69) is 15.3 Å². The van der Waals surface area contributed by atoms with Gasteiger partial charge in [0.1, 0.15) is 5.69 Å². The molecule has 0 fully saturated rings. The number of nitrogens with one attached hydrogen (secondary N) is 1. The van der Waals surface area contributed by atoms with Crippen LogP contribution in [0.1, 0.15) is 30.3 Å². The molecule has 0 bridgehead atoms. The summed E-state index contributed by atoms with van der Waals surface area (Å²) in [5.41, 5.74) is 0.234. The third kappa shape index (κ3) is 4.58. The predicted octanol–water partition coefficient (Wildman–Crippen LogP) is 0.707. The van der Waals surface area contributed by atoms with Crippen molar-refractivity contribution in [3.8, 4) is 0 Å². The van der Waals surface area contributed by atoms with Gasteiger partial charge in [-0.05, 0) is 5.92 Å². The van der Waals surface area contributed by atoms with Crippen molar-refractivity contribution in [2.24, 2.45) is 5.92 Å². The lowest BCUT2D eigenvalue weighted by Crippen LogP contribution is -2.30. The number of amides is 1. The summed E-state index contributed by atoms with van der Waals surface area (Å²) in [6, 6.07) is 0. The fraction of sp³-hybridized carbons (Fsp3) is 0.455. The molecule has 17 heavy (non-hydrogen) atoms. The number of nitrogens with zero attached hydrogens (tertiary/aromatic N) is 2. The largest absolute Gasteiger partial charge is 0.481 e. The van der Waals surface area contributed by atoms with Crippen LogP contribution in [0.2, 0.25) is 0 Å². The maximum absolute atomic E-state index is 11.6. The van der Waals surface area contributed by atoms with Crippen LogP contribution in [0.3, 0.4) is 0 Å². The van der Waals surface area contributed by atoms with Crippen molar-refractivity contribution in [3.05, 3.63) is 24.3 Å². The molecular weight excluding hydrogens is 222 g/mol. The standard InChI is InChI=1S/C11H15N3O3/c1-2-8(5-10(15)16)6-14-11(17)9-7-12-3-4-13-9/h3-4,7-8H,2,5-6H2,1H3,(H,14,17)(H,15,16). The highest BCUT2D eigenvalue weighted by Gasteiger charge is 2.13. The number of aromatic nitrogens is 2. The Kier molecular flexibility index (Phi) is 5.06. The van der Waals surface area contributed by atoms with E-state index in [9.17, 15) is 9.59 Å². The monoisotopic (exact) mass is 237 g/mol. The van der Waals surface area contributed by atoms with E-state index in [4.69, 9.17) is 5.11 Å². The third-order valence-corrected chi connectivity index (χ3v) is 2.39. The van der Waals surface area contributed by atoms with Gasteiger partial charge in [-0.1, -0.05) is 13.3 Å². The van der Waals surface area contributed by atoms with Crippen LogP contribution in [-0.2, 0) is 4.79 Å². The smallest absolute Gasteiger partial charge is 0.303 e. The first-order valence-corrected chi connectivity index (χ1v) is 5.39. The second-order valence-corrected chi connectivity index (χ2v) is 3.67. The van der Waals surface area contributed by atoms with Crippen LogP contribution in [0, 0.1) is 5.92 Å². The normalized spacial score (nSPS) is 11.8. The molecule has 1 amide bonds. The maximum atomic E-state index is 11.6. The number of aliphatic carboxylic acids is 1. The molecule has 1 aromatic heterocycles. The molecule has 0 saturated heterocycles. The summed E-state index contributed by atoms with van der Waals surface area (Å²) in [6.07, 6.45) is 5.04. The van der Waals surface area contributed by atoms with Crippen LogP contribution in [0.5, 0.6) is 0 Å². The lowest BCUT2D eigenvalue weighted by atomic mass is 10.0. The number of carbonyl (C=O) groups is 2. The summed E-state index contributed by atoms with van der Waals surface area (Å²) in [4.78, 5) is 29.8. The van der Waals surface area contributed by atoms with Crippen molar-refractivity contribution < 1.29 is 14.7 Å². The van der Waals surface area contributed by atoms with Crippen molar-refractivity contribution in [1.82, 2.24) is 15.3 Å². The van der Waals surface area contributed by atoms with E-state index < -0.39 is 5.97 Å². The molecule has 0 saturated carbocycles. The molecule has 1 atom stereocenters. The maximum Gasteiger partial charge on any atom is 0.303 e. The zero-order valence-corrected chi connectivity index (χ0v) is 9.59. The molecule has 0 aliphatic carbocycles. The van der Waals surface area contributed by atoms with Gasteiger partial charge in [-0.3, -0.25) is 14.6 Å². The molecule has 0 aliphatic heterocycles. The SMILES string of the molecule is CCC(CNC(=O)c1cnccn1)CC(=O)O. The molecule has 0 spiro atoms. The second kappa shape index (κ2) is 6.57. The van der Waals surface area contributed by atoms with Gasteiger partial charge in [0.05, 0.1) is 6.20 Å². The quantitative estimate of drug-likeness (QED) is 0.760. The van der Waals surface area contributed by atoms with Gasteiger partial charge >= 0.3 is 5.97 Å². The number of hydrogen-bond donors (Lipinski definition) is 2. The highest BCUT2D eigenvalue weighted by atomic mass is 16.4. The Bertz CT molecular complexity index is 381. The molecule has 6 heteroatoms. The highest BCUT2D eigenvalue weighted by Crippen LogP contribution is 2.06. The predicted molar refractivity (Wildman–Crippen MR) is 60.4 cm³/mol. The number of carboxylic acids is 1. The Morgan fingerprint density at radius 3 is 2.76 bits per heavy atom. The summed E-state index contributed by atoms with van der Waals surface area (Å²) in [7, 11) is 0. The number of rotatable bonds is 6. The molecule has 0 aromatic carbocycles. The zero-order chi connectivity index (χ0) is 12.7. The van der Waals surface area contributed by atoms with Crippen LogP contribution >= 0.6 is 0 Å². The minimum Gasteiger partial charge on any atom is -0.481 e. The van der Waals surface area contributed by atoms with Gasteiger partial charge in [0.25, 0.3) is 5.91 Å². The summed E-state index contributed by atoms with van der Waals surface area (Å²) in [6.45, 7) is 2.22. The van der Waals surface area contributed by atoms with E-state index in [0.29, 0.717) is 13.0 Å². The first kappa shape index (κ1) is 13.1. The molecule has 0 aliphatic rings. The fourth-order valence-corrected chi connectivity index (χ4v) is 1.35. The highest BCUT2D eigenvalue weighted by molar-refractivity contribution is 5.91. The van der Waals surface area contributed by atoms with Crippen molar-refractivity contribution in [1.29, 1.82) is 0 Å². The van der Waals surface area contributed by atoms with E-state index in [1.165, 1.54) is 18.6 Å². The van der Waals surface area contributed by atoms with Gasteiger partial charge in [0.15, 0.2) is 0 Å². The van der Waals surface area contributed by atoms with E-state index in [1.54, 1.807) is 0 Å².